The lowest BCUT2D eigenvalue weighted by Gasteiger charge is -2.16. The molecule has 0 saturated carbocycles. The van der Waals surface area contributed by atoms with Crippen molar-refractivity contribution >= 4 is 5.91 Å². The summed E-state index contributed by atoms with van der Waals surface area (Å²) in [5.74, 6) is 1.16. The van der Waals surface area contributed by atoms with Crippen molar-refractivity contribution in [3.63, 3.8) is 0 Å². The Balaban J connectivity index is 1.47. The van der Waals surface area contributed by atoms with Crippen molar-refractivity contribution in [3.05, 3.63) is 65.2 Å². The Kier molecular flexibility index (Phi) is 6.51. The highest BCUT2D eigenvalue weighted by Gasteiger charge is 2.27. The minimum absolute atomic E-state index is 0.0304. The highest BCUT2D eigenvalue weighted by atomic mass is 16.5. The number of quaternary nitrogens is 1. The third-order valence-electron chi connectivity index (χ3n) is 5.19. The number of amides is 1. The van der Waals surface area contributed by atoms with Crippen LogP contribution < -0.4 is 15.0 Å². The van der Waals surface area contributed by atoms with Gasteiger partial charge in [0.1, 0.15) is 12.3 Å². The van der Waals surface area contributed by atoms with E-state index in [1.807, 2.05) is 19.1 Å². The molecule has 1 aliphatic heterocycles. The number of hydrogen-bond acceptors (Lipinski definition) is 2. The fourth-order valence-corrected chi connectivity index (χ4v) is 3.76. The summed E-state index contributed by atoms with van der Waals surface area (Å²) in [4.78, 5) is 13.9. The molecule has 0 spiro atoms. The number of ether oxygens (including phenoxy) is 1. The van der Waals surface area contributed by atoms with Gasteiger partial charge in [-0.1, -0.05) is 56.3 Å². The molecule has 1 unspecified atom stereocenters. The van der Waals surface area contributed by atoms with Gasteiger partial charge in [0.05, 0.1) is 19.1 Å². The fourth-order valence-electron chi connectivity index (χ4n) is 3.76. The lowest BCUT2D eigenvalue weighted by molar-refractivity contribution is -0.901. The maximum absolute atomic E-state index is 12.4. The van der Waals surface area contributed by atoms with Crippen molar-refractivity contribution in [2.24, 2.45) is 0 Å². The van der Waals surface area contributed by atoms with Crippen LogP contribution in [0.3, 0.4) is 0 Å². The summed E-state index contributed by atoms with van der Waals surface area (Å²) < 4.78 is 5.86. The molecule has 4 nitrogen and oxygen atoms in total. The molecule has 0 aromatic heterocycles. The molecule has 2 N–H and O–H groups in total. The summed E-state index contributed by atoms with van der Waals surface area (Å²) in [5, 5.41) is 3.14. The Morgan fingerprint density at radius 3 is 2.74 bits per heavy atom. The number of hydrogen-bond donors (Lipinski definition) is 2. The first kappa shape index (κ1) is 19.4. The van der Waals surface area contributed by atoms with Gasteiger partial charge in [-0.3, -0.25) is 4.79 Å². The van der Waals surface area contributed by atoms with Gasteiger partial charge in [-0.25, -0.2) is 0 Å². The van der Waals surface area contributed by atoms with E-state index in [-0.39, 0.29) is 18.6 Å². The smallest absolute Gasteiger partial charge is 0.258 e. The molecular weight excluding hydrogens is 336 g/mol. The van der Waals surface area contributed by atoms with Crippen molar-refractivity contribution < 1.29 is 14.4 Å². The summed E-state index contributed by atoms with van der Waals surface area (Å²) in [6, 6.07) is 17.0. The molecule has 2 aromatic carbocycles. The van der Waals surface area contributed by atoms with Gasteiger partial charge in [0.25, 0.3) is 5.91 Å². The second-order valence-corrected chi connectivity index (χ2v) is 7.90. The van der Waals surface area contributed by atoms with Gasteiger partial charge in [0, 0.05) is 12.0 Å². The van der Waals surface area contributed by atoms with Gasteiger partial charge in [-0.2, -0.15) is 0 Å². The summed E-state index contributed by atoms with van der Waals surface area (Å²) >= 11 is 0. The molecular formula is C23H31N2O2+. The average Bonchev–Trinajstić information content (AvgIpc) is 3.07. The maximum Gasteiger partial charge on any atom is 0.258 e. The Morgan fingerprint density at radius 1 is 1.22 bits per heavy atom. The fraction of sp³-hybridized carbons (Fsp3) is 0.435. The van der Waals surface area contributed by atoms with E-state index in [1.165, 1.54) is 10.5 Å². The summed E-state index contributed by atoms with van der Waals surface area (Å²) in [5.41, 5.74) is 3.64. The molecule has 27 heavy (non-hydrogen) atoms. The summed E-state index contributed by atoms with van der Waals surface area (Å²) in [6.45, 7) is 9.48. The number of benzene rings is 2. The summed E-state index contributed by atoms with van der Waals surface area (Å²) in [6.07, 6.45) is 1.02. The standard InChI is InChI=1S/C23H30N2O2/c1-17(2)21-10-9-18(3)13-22(21)27-16-23(26)24-20-11-12-25(15-20)14-19-7-5-4-6-8-19/h4-10,13,17,20H,11-12,14-16H2,1-3H3,(H,24,26)/p+1/t20-/m1/s1. The van der Waals surface area contributed by atoms with Crippen LogP contribution >= 0.6 is 0 Å². The predicted octanol–water partition coefficient (Wildman–Crippen LogP) is 2.47. The van der Waals surface area contributed by atoms with Gasteiger partial charge < -0.3 is 15.0 Å². The van der Waals surface area contributed by atoms with Crippen molar-refractivity contribution in [3.8, 4) is 5.75 Å². The lowest BCUT2D eigenvalue weighted by Crippen LogP contribution is -3.09. The van der Waals surface area contributed by atoms with Crippen molar-refractivity contribution in [2.45, 2.75) is 45.7 Å². The topological polar surface area (TPSA) is 42.8 Å². The lowest BCUT2D eigenvalue weighted by atomic mass is 10.0. The zero-order valence-corrected chi connectivity index (χ0v) is 16.6. The van der Waals surface area contributed by atoms with Gasteiger partial charge in [0.15, 0.2) is 6.61 Å². The van der Waals surface area contributed by atoms with Gasteiger partial charge >= 0.3 is 0 Å². The quantitative estimate of drug-likeness (QED) is 0.790. The highest BCUT2D eigenvalue weighted by molar-refractivity contribution is 5.77. The number of aryl methyl sites for hydroxylation is 1. The zero-order valence-electron chi connectivity index (χ0n) is 16.6. The Morgan fingerprint density at radius 2 is 2.00 bits per heavy atom. The van der Waals surface area contributed by atoms with E-state index in [9.17, 15) is 4.79 Å². The zero-order chi connectivity index (χ0) is 19.2. The van der Waals surface area contributed by atoms with Gasteiger partial charge in [-0.15, -0.1) is 0 Å². The minimum Gasteiger partial charge on any atom is -0.483 e. The van der Waals surface area contributed by atoms with Crippen LogP contribution in [-0.4, -0.2) is 31.6 Å². The second kappa shape index (κ2) is 9.05. The number of likely N-dealkylation sites (tertiary alicyclic amines) is 1. The van der Waals surface area contributed by atoms with Crippen molar-refractivity contribution in [2.75, 3.05) is 19.7 Å². The molecule has 1 amide bonds. The first-order chi connectivity index (χ1) is 13.0. The van der Waals surface area contributed by atoms with Crippen LogP contribution in [0.2, 0.25) is 0 Å². The van der Waals surface area contributed by atoms with E-state index in [4.69, 9.17) is 4.74 Å². The Bertz CT molecular complexity index is 758. The Hall–Kier alpha value is -2.33. The normalized spacial score (nSPS) is 19.3. The molecule has 0 bridgehead atoms. The maximum atomic E-state index is 12.4. The first-order valence-electron chi connectivity index (χ1n) is 9.91. The minimum atomic E-state index is -0.0304. The molecule has 1 aliphatic rings. The number of carbonyl (C=O) groups is 1. The third kappa shape index (κ3) is 5.57. The first-order valence-corrected chi connectivity index (χ1v) is 9.91. The van der Waals surface area contributed by atoms with E-state index in [0.717, 1.165) is 42.9 Å². The van der Waals surface area contributed by atoms with Crippen LogP contribution in [0.25, 0.3) is 0 Å². The van der Waals surface area contributed by atoms with E-state index >= 15 is 0 Å². The molecule has 0 aliphatic carbocycles. The SMILES string of the molecule is Cc1ccc(C(C)C)c(OCC(=O)N[C@@H]2CC[NH+](Cc3ccccc3)C2)c1. The Labute approximate surface area is 162 Å². The van der Waals surface area contributed by atoms with Crippen molar-refractivity contribution in [1.29, 1.82) is 0 Å². The molecule has 2 atom stereocenters. The predicted molar refractivity (Wildman–Crippen MR) is 108 cm³/mol. The van der Waals surface area contributed by atoms with Crippen LogP contribution in [-0.2, 0) is 11.3 Å². The average molecular weight is 368 g/mol. The van der Waals surface area contributed by atoms with Crippen LogP contribution in [0.5, 0.6) is 5.75 Å². The van der Waals surface area contributed by atoms with Crippen molar-refractivity contribution in [1.82, 2.24) is 5.32 Å². The molecule has 4 heteroatoms. The molecule has 1 heterocycles. The number of rotatable bonds is 7. The third-order valence-corrected chi connectivity index (χ3v) is 5.19. The van der Waals surface area contributed by atoms with Gasteiger partial charge in [-0.05, 0) is 30.0 Å². The van der Waals surface area contributed by atoms with Crippen LogP contribution in [0.1, 0.15) is 42.9 Å². The number of carbonyl (C=O) groups excluding carboxylic acids is 1. The summed E-state index contributed by atoms with van der Waals surface area (Å²) in [7, 11) is 0. The molecule has 0 radical (unpaired) electrons. The molecule has 3 rings (SSSR count). The molecule has 1 fully saturated rings. The monoisotopic (exact) mass is 367 g/mol. The molecule has 144 valence electrons. The van der Waals surface area contributed by atoms with E-state index < -0.39 is 0 Å². The van der Waals surface area contributed by atoms with E-state index in [0.29, 0.717) is 5.92 Å². The van der Waals surface area contributed by atoms with Crippen LogP contribution in [0, 0.1) is 6.92 Å². The van der Waals surface area contributed by atoms with Crippen LogP contribution in [0.4, 0.5) is 0 Å². The molecule has 2 aromatic rings. The second-order valence-electron chi connectivity index (χ2n) is 7.90. The van der Waals surface area contributed by atoms with Gasteiger partial charge in [0.2, 0.25) is 0 Å². The molecule has 1 saturated heterocycles. The largest absolute Gasteiger partial charge is 0.483 e. The van der Waals surface area contributed by atoms with E-state index in [2.05, 4.69) is 55.6 Å². The van der Waals surface area contributed by atoms with E-state index in [1.54, 1.807) is 0 Å². The van der Waals surface area contributed by atoms with Crippen LogP contribution in [0.15, 0.2) is 48.5 Å². The number of nitrogens with one attached hydrogen (secondary N) is 2. The highest BCUT2D eigenvalue weighted by Crippen LogP contribution is 2.27.